The third-order valence-electron chi connectivity index (χ3n) is 3.61. The van der Waals surface area contributed by atoms with Gasteiger partial charge in [-0.3, -0.25) is 0 Å². The van der Waals surface area contributed by atoms with Crippen LogP contribution in [0, 0.1) is 18.7 Å². The first-order valence-electron chi connectivity index (χ1n) is 8.98. The van der Waals surface area contributed by atoms with Crippen molar-refractivity contribution < 1.29 is 44.1 Å². The molecule has 140 valence electrons. The van der Waals surface area contributed by atoms with Gasteiger partial charge < -0.3 is 0 Å². The van der Waals surface area contributed by atoms with Crippen molar-refractivity contribution in [1.29, 1.82) is 0 Å². The van der Waals surface area contributed by atoms with Gasteiger partial charge in [-0.15, -0.1) is 0 Å². The van der Waals surface area contributed by atoms with E-state index in [0.29, 0.717) is 0 Å². The van der Waals surface area contributed by atoms with Gasteiger partial charge in [-0.05, 0) is 0 Å². The van der Waals surface area contributed by atoms with E-state index in [-0.39, 0.29) is 11.2 Å². The van der Waals surface area contributed by atoms with Gasteiger partial charge >= 0.3 is 167 Å². The van der Waals surface area contributed by atoms with Crippen LogP contribution in [0.15, 0.2) is 0 Å². The average Bonchev–Trinajstić information content (AvgIpc) is 2.51. The molecule has 0 aliphatic rings. The second-order valence-corrected chi connectivity index (χ2v) is 12.5. The summed E-state index contributed by atoms with van der Waals surface area (Å²) in [5, 5.41) is 0. The molecule has 0 amide bonds. The van der Waals surface area contributed by atoms with E-state index in [1.807, 2.05) is 55.4 Å². The van der Waals surface area contributed by atoms with Crippen molar-refractivity contribution in [2.75, 3.05) is 0 Å². The number of hydrogen-bond donors (Lipinski definition) is 0. The van der Waals surface area contributed by atoms with E-state index < -0.39 is 35.8 Å². The molecule has 0 atom stereocenters. The Balaban J connectivity index is 4.52. The third-order valence-corrected chi connectivity index (χ3v) is 6.36. The van der Waals surface area contributed by atoms with Crippen molar-refractivity contribution in [3.05, 3.63) is 0 Å². The standard InChI is InChI=1S/2C10H17O2.Hg/c2*1-7-9(3,4)11-12-10(5,6)8-2;/h2*7H2,1,3-6H3;. The zero-order valence-corrected chi connectivity index (χ0v) is 23.3. The van der Waals surface area contributed by atoms with Gasteiger partial charge in [0.2, 0.25) is 0 Å². The van der Waals surface area contributed by atoms with Gasteiger partial charge in [0.15, 0.2) is 0 Å². The molecule has 0 aromatic heterocycles. The molecule has 5 heteroatoms. The molecule has 0 fully saturated rings. The molecule has 25 heavy (non-hydrogen) atoms. The van der Waals surface area contributed by atoms with Gasteiger partial charge in [0, 0.05) is 0 Å². The van der Waals surface area contributed by atoms with Crippen LogP contribution in [0.25, 0.3) is 0 Å². The SMILES string of the molecule is CCC(C)(C)OOC(C)(C)C#[C][Hg][C]#CC(C)(C)OOC(C)(C)CC. The molecule has 4 nitrogen and oxygen atoms in total. The summed E-state index contributed by atoms with van der Waals surface area (Å²) in [5.74, 6) is 6.27. The van der Waals surface area contributed by atoms with Crippen molar-refractivity contribution >= 4 is 0 Å². The van der Waals surface area contributed by atoms with E-state index in [0.717, 1.165) is 12.8 Å². The predicted octanol–water partition coefficient (Wildman–Crippen LogP) is 4.82. The Morgan fingerprint density at radius 3 is 1.20 bits per heavy atom. The van der Waals surface area contributed by atoms with E-state index >= 15 is 0 Å². The minimum atomic E-state index is -1.62. The molecule has 0 aliphatic carbocycles. The minimum absolute atomic E-state index is 0.309. The monoisotopic (exact) mass is 540 g/mol. The van der Waals surface area contributed by atoms with Crippen LogP contribution in [0.4, 0.5) is 0 Å². The fraction of sp³-hybridized carbons (Fsp3) is 0.800. The maximum absolute atomic E-state index is 5.49. The Morgan fingerprint density at radius 2 is 0.920 bits per heavy atom. The first-order valence-corrected chi connectivity index (χ1v) is 14.5. The van der Waals surface area contributed by atoms with E-state index in [1.54, 1.807) is 0 Å². The molecule has 0 bridgehead atoms. The van der Waals surface area contributed by atoms with Crippen LogP contribution in [-0.4, -0.2) is 22.4 Å². The van der Waals surface area contributed by atoms with Crippen LogP contribution < -0.4 is 0 Å². The van der Waals surface area contributed by atoms with Crippen molar-refractivity contribution in [1.82, 2.24) is 0 Å². The predicted molar refractivity (Wildman–Crippen MR) is 96.8 cm³/mol. The first-order chi connectivity index (χ1) is 11.2. The van der Waals surface area contributed by atoms with E-state index in [1.165, 1.54) is 0 Å². The molecule has 0 aliphatic heterocycles. The van der Waals surface area contributed by atoms with Crippen LogP contribution in [0.5, 0.6) is 0 Å². The Labute approximate surface area is 167 Å². The zero-order valence-electron chi connectivity index (χ0n) is 17.8. The van der Waals surface area contributed by atoms with Crippen LogP contribution >= 0.6 is 0 Å². The van der Waals surface area contributed by atoms with E-state index in [2.05, 4.69) is 32.5 Å². The molecule has 0 heterocycles. The average molecular weight is 539 g/mol. The summed E-state index contributed by atoms with van der Waals surface area (Å²) in [6, 6.07) is 0. The molecule has 0 spiro atoms. The molecule has 0 radical (unpaired) electrons. The fourth-order valence-electron chi connectivity index (χ4n) is 1.15. The molecule has 0 rings (SSSR count). The summed E-state index contributed by atoms with van der Waals surface area (Å²) in [7, 11) is 0. The van der Waals surface area contributed by atoms with Crippen molar-refractivity contribution in [3.8, 4) is 18.7 Å². The zero-order chi connectivity index (χ0) is 19.8. The second-order valence-electron chi connectivity index (χ2n) is 8.36. The van der Waals surface area contributed by atoms with Gasteiger partial charge in [0.1, 0.15) is 0 Å². The number of hydrogen-bond acceptors (Lipinski definition) is 4. The molecule has 0 N–H and O–H groups in total. The van der Waals surface area contributed by atoms with Crippen LogP contribution in [-0.2, 0) is 44.1 Å². The van der Waals surface area contributed by atoms with Crippen LogP contribution in [0.2, 0.25) is 0 Å². The van der Waals surface area contributed by atoms with Gasteiger partial charge in [-0.1, -0.05) is 0 Å². The second kappa shape index (κ2) is 10.3. The maximum atomic E-state index is 5.49. The Kier molecular flexibility index (Phi) is 10.2. The van der Waals surface area contributed by atoms with Gasteiger partial charge in [0.05, 0.1) is 0 Å². The summed E-state index contributed by atoms with van der Waals surface area (Å²) in [6.07, 6.45) is 1.74. The molecule has 0 saturated carbocycles. The molecule has 0 unspecified atom stereocenters. The normalized spacial score (nSPS) is 12.6. The van der Waals surface area contributed by atoms with Gasteiger partial charge in [-0.25, -0.2) is 0 Å². The van der Waals surface area contributed by atoms with Gasteiger partial charge in [-0.2, -0.15) is 0 Å². The molecule has 0 saturated heterocycles. The fourth-order valence-corrected chi connectivity index (χ4v) is 5.49. The Hall–Kier alpha value is -0.105. The van der Waals surface area contributed by atoms with Crippen LogP contribution in [0.3, 0.4) is 0 Å². The van der Waals surface area contributed by atoms with Crippen molar-refractivity contribution in [3.63, 3.8) is 0 Å². The quantitative estimate of drug-likeness (QED) is 0.192. The summed E-state index contributed by atoms with van der Waals surface area (Å²) in [5.41, 5.74) is -1.88. The van der Waals surface area contributed by atoms with Crippen molar-refractivity contribution in [2.45, 2.75) is 104 Å². The topological polar surface area (TPSA) is 36.9 Å². The molecule has 0 aromatic rings. The van der Waals surface area contributed by atoms with E-state index in [4.69, 9.17) is 19.6 Å². The number of rotatable bonds is 8. The Bertz CT molecular complexity index is 479. The summed E-state index contributed by atoms with van der Waals surface area (Å²) < 4.78 is 6.47. The van der Waals surface area contributed by atoms with Gasteiger partial charge in [0.25, 0.3) is 0 Å². The van der Waals surface area contributed by atoms with Crippen LogP contribution in [0.1, 0.15) is 82.1 Å². The third kappa shape index (κ3) is 12.8. The summed E-state index contributed by atoms with van der Waals surface area (Å²) in [4.78, 5) is 21.9. The molecular weight excluding hydrogens is 505 g/mol. The van der Waals surface area contributed by atoms with E-state index in [9.17, 15) is 0 Å². The Morgan fingerprint density at radius 1 is 0.600 bits per heavy atom. The first kappa shape index (κ1) is 24.9. The molecular formula is C20H34HgO4. The molecule has 0 aromatic carbocycles. The summed E-state index contributed by atoms with van der Waals surface area (Å²) in [6.45, 7) is 19.7. The van der Waals surface area contributed by atoms with Crippen molar-refractivity contribution in [2.24, 2.45) is 0 Å². The summed E-state index contributed by atoms with van der Waals surface area (Å²) >= 11 is -1.62.